The van der Waals surface area contributed by atoms with Gasteiger partial charge in [0.15, 0.2) is 0 Å². The Hall–Kier alpha value is -1.74. The van der Waals surface area contributed by atoms with E-state index >= 15 is 0 Å². The first kappa shape index (κ1) is 16.1. The fourth-order valence-electron chi connectivity index (χ4n) is 3.04. The predicted molar refractivity (Wildman–Crippen MR) is 88.1 cm³/mol. The van der Waals surface area contributed by atoms with Crippen LogP contribution in [-0.4, -0.2) is 50.0 Å². The van der Waals surface area contributed by atoms with E-state index in [4.69, 9.17) is 5.73 Å². The minimum atomic E-state index is -1.02. The lowest BCUT2D eigenvalue weighted by Crippen LogP contribution is -2.70. The number of thioether (sulfide) groups is 1. The van der Waals surface area contributed by atoms with Gasteiger partial charge in [-0.2, -0.15) is 0 Å². The first-order valence-corrected chi connectivity index (χ1v) is 8.82. The van der Waals surface area contributed by atoms with Crippen molar-refractivity contribution in [3.05, 3.63) is 17.0 Å². The van der Waals surface area contributed by atoms with Gasteiger partial charge < -0.3 is 21.1 Å². The molecule has 124 valence electrons. The van der Waals surface area contributed by atoms with Crippen LogP contribution in [0.25, 0.3) is 0 Å². The lowest BCUT2D eigenvalue weighted by atomic mass is 9.96. The number of hydrogen-bond acceptors (Lipinski definition) is 6. The fraction of sp³-hybridized carbons (Fsp3) is 0.500. The van der Waals surface area contributed by atoms with Gasteiger partial charge in [-0.25, -0.2) is 4.79 Å². The third-order valence-corrected chi connectivity index (χ3v) is 6.48. The van der Waals surface area contributed by atoms with Crippen molar-refractivity contribution in [3.63, 3.8) is 0 Å². The van der Waals surface area contributed by atoms with E-state index in [0.717, 1.165) is 5.56 Å². The van der Waals surface area contributed by atoms with Crippen molar-refractivity contribution in [2.24, 2.45) is 0 Å². The van der Waals surface area contributed by atoms with E-state index in [2.05, 4.69) is 5.32 Å². The van der Waals surface area contributed by atoms with Crippen molar-refractivity contribution in [2.45, 2.75) is 42.5 Å². The number of β-lactam (4-membered cyclic amide) rings is 1. The number of hydrogen-bond donors (Lipinski definition) is 3. The summed E-state index contributed by atoms with van der Waals surface area (Å²) in [5.74, 6) is -1.65. The lowest BCUT2D eigenvalue weighted by molar-refractivity contribution is -0.161. The highest BCUT2D eigenvalue weighted by Crippen LogP contribution is 2.50. The zero-order chi connectivity index (χ0) is 16.9. The molecule has 0 bridgehead atoms. The number of carboxylic acid groups (broad SMARTS) is 1. The molecule has 0 saturated carbocycles. The van der Waals surface area contributed by atoms with E-state index < -0.39 is 22.8 Å². The molecule has 1 aromatic heterocycles. The van der Waals surface area contributed by atoms with E-state index in [1.54, 1.807) is 25.3 Å². The van der Waals surface area contributed by atoms with E-state index in [0.29, 0.717) is 5.00 Å². The SMILES string of the molecule is CC1(C)S[C@@H]2C(NC(=O)Cc3ccsc3N)C(=O)N2[C@H]1C(=O)O. The van der Waals surface area contributed by atoms with Crippen LogP contribution in [0.2, 0.25) is 0 Å². The maximum absolute atomic E-state index is 12.3. The van der Waals surface area contributed by atoms with Crippen LogP contribution < -0.4 is 11.1 Å². The summed E-state index contributed by atoms with van der Waals surface area (Å²) in [4.78, 5) is 37.2. The molecule has 1 aromatic rings. The van der Waals surface area contributed by atoms with Crippen molar-refractivity contribution in [3.8, 4) is 0 Å². The Balaban J connectivity index is 1.68. The van der Waals surface area contributed by atoms with Crippen LogP contribution in [0.1, 0.15) is 19.4 Å². The van der Waals surface area contributed by atoms with Gasteiger partial charge in [0, 0.05) is 4.75 Å². The van der Waals surface area contributed by atoms with Gasteiger partial charge in [0.2, 0.25) is 11.8 Å². The molecule has 4 N–H and O–H groups in total. The summed E-state index contributed by atoms with van der Waals surface area (Å²) in [7, 11) is 0. The van der Waals surface area contributed by atoms with Crippen LogP contribution >= 0.6 is 23.1 Å². The third kappa shape index (κ3) is 2.57. The zero-order valence-electron chi connectivity index (χ0n) is 12.6. The maximum atomic E-state index is 12.3. The number of nitrogens with one attached hydrogen (secondary N) is 1. The molecule has 0 aliphatic carbocycles. The number of anilines is 1. The van der Waals surface area contributed by atoms with Gasteiger partial charge >= 0.3 is 5.97 Å². The molecule has 0 spiro atoms. The molecule has 2 aliphatic rings. The molecule has 0 radical (unpaired) electrons. The minimum Gasteiger partial charge on any atom is -0.480 e. The Bertz CT molecular complexity index is 687. The molecule has 23 heavy (non-hydrogen) atoms. The topological polar surface area (TPSA) is 113 Å². The van der Waals surface area contributed by atoms with Crippen LogP contribution in [-0.2, 0) is 20.8 Å². The highest BCUT2D eigenvalue weighted by atomic mass is 32.2. The number of fused-ring (bicyclic) bond motifs is 1. The number of carbonyl (C=O) groups is 3. The average molecular weight is 355 g/mol. The second kappa shape index (κ2) is 5.41. The van der Waals surface area contributed by atoms with Crippen LogP contribution in [0.15, 0.2) is 11.4 Å². The van der Waals surface area contributed by atoms with E-state index in [1.807, 2.05) is 0 Å². The van der Waals surface area contributed by atoms with Gasteiger partial charge in [0.05, 0.1) is 11.4 Å². The number of nitrogens with zero attached hydrogens (tertiary/aromatic N) is 1. The largest absolute Gasteiger partial charge is 0.480 e. The molecular weight excluding hydrogens is 338 g/mol. The number of carbonyl (C=O) groups excluding carboxylic acids is 2. The summed E-state index contributed by atoms with van der Waals surface area (Å²) in [5, 5.41) is 14.1. The second-order valence-corrected chi connectivity index (χ2v) is 8.85. The van der Waals surface area contributed by atoms with Crippen LogP contribution in [0.5, 0.6) is 0 Å². The molecule has 2 fully saturated rings. The van der Waals surface area contributed by atoms with Gasteiger partial charge in [0.1, 0.15) is 17.5 Å². The highest BCUT2D eigenvalue weighted by Gasteiger charge is 2.64. The molecule has 1 unspecified atom stereocenters. The Morgan fingerprint density at radius 1 is 1.48 bits per heavy atom. The quantitative estimate of drug-likeness (QED) is 0.678. The normalized spacial score (nSPS) is 28.2. The summed E-state index contributed by atoms with van der Waals surface area (Å²) in [6.45, 7) is 3.60. The predicted octanol–water partition coefficient (Wildman–Crippen LogP) is 0.504. The van der Waals surface area contributed by atoms with E-state index in [-0.39, 0.29) is 23.6 Å². The monoisotopic (exact) mass is 355 g/mol. The van der Waals surface area contributed by atoms with Crippen LogP contribution in [0.3, 0.4) is 0 Å². The second-order valence-electron chi connectivity index (χ2n) is 6.13. The number of nitrogen functional groups attached to an aromatic ring is 1. The first-order chi connectivity index (χ1) is 10.7. The number of amides is 2. The number of nitrogens with two attached hydrogens (primary N) is 1. The average Bonchev–Trinajstić information content (AvgIpc) is 2.95. The summed E-state index contributed by atoms with van der Waals surface area (Å²) in [5.41, 5.74) is 6.50. The van der Waals surface area contributed by atoms with E-state index in [9.17, 15) is 19.5 Å². The van der Waals surface area contributed by atoms with Crippen molar-refractivity contribution in [2.75, 3.05) is 5.73 Å². The maximum Gasteiger partial charge on any atom is 0.327 e. The van der Waals surface area contributed by atoms with Crippen molar-refractivity contribution >= 4 is 45.9 Å². The molecule has 9 heteroatoms. The third-order valence-electron chi connectivity index (χ3n) is 4.12. The van der Waals surface area contributed by atoms with Gasteiger partial charge in [-0.3, -0.25) is 9.59 Å². The number of aliphatic carboxylic acids is 1. The summed E-state index contributed by atoms with van der Waals surface area (Å²) in [6.07, 6.45) is 0.113. The molecule has 3 atom stereocenters. The van der Waals surface area contributed by atoms with Crippen LogP contribution in [0, 0.1) is 0 Å². The Labute approximate surface area is 141 Å². The van der Waals surface area contributed by atoms with Gasteiger partial charge in [0.25, 0.3) is 0 Å². The molecule has 0 aromatic carbocycles. The number of rotatable bonds is 4. The lowest BCUT2D eigenvalue weighted by Gasteiger charge is -2.43. The standard InChI is InChI=1S/C14H17N3O4S2/c1-14(2)9(13(20)21)17-11(19)8(12(17)23-14)16-7(18)5-6-3-4-22-10(6)15/h3-4,8-9,12H,5,15H2,1-2H3,(H,16,18)(H,20,21)/t8?,9-,12+/m0/s1. The molecule has 3 heterocycles. The van der Waals surface area contributed by atoms with Crippen LogP contribution in [0.4, 0.5) is 5.00 Å². The smallest absolute Gasteiger partial charge is 0.327 e. The highest BCUT2D eigenvalue weighted by molar-refractivity contribution is 8.01. The van der Waals surface area contributed by atoms with Crippen molar-refractivity contribution < 1.29 is 19.5 Å². The molecule has 7 nitrogen and oxygen atoms in total. The van der Waals surface area contributed by atoms with E-state index in [1.165, 1.54) is 28.0 Å². The molecular formula is C14H17N3O4S2. The molecule has 3 rings (SSSR count). The Morgan fingerprint density at radius 2 is 2.17 bits per heavy atom. The number of carboxylic acids is 1. The Morgan fingerprint density at radius 3 is 2.74 bits per heavy atom. The fourth-order valence-corrected chi connectivity index (χ4v) is 5.33. The van der Waals surface area contributed by atoms with Gasteiger partial charge in [-0.1, -0.05) is 0 Å². The van der Waals surface area contributed by atoms with Gasteiger partial charge in [-0.05, 0) is 30.9 Å². The summed E-state index contributed by atoms with van der Waals surface area (Å²) < 4.78 is -0.594. The zero-order valence-corrected chi connectivity index (χ0v) is 14.2. The summed E-state index contributed by atoms with van der Waals surface area (Å²) >= 11 is 2.76. The van der Waals surface area contributed by atoms with Gasteiger partial charge in [-0.15, -0.1) is 23.1 Å². The molecule has 2 aliphatic heterocycles. The number of thiophene rings is 1. The molecule has 2 amide bonds. The Kier molecular flexibility index (Phi) is 3.80. The minimum absolute atomic E-state index is 0.113. The summed E-state index contributed by atoms with van der Waals surface area (Å²) in [6, 6.07) is 0.240. The van der Waals surface area contributed by atoms with Crippen molar-refractivity contribution in [1.29, 1.82) is 0 Å². The first-order valence-electron chi connectivity index (χ1n) is 7.06. The van der Waals surface area contributed by atoms with Crippen molar-refractivity contribution in [1.82, 2.24) is 10.2 Å². The molecule has 2 saturated heterocycles.